The molecule has 0 atom stereocenters. The summed E-state index contributed by atoms with van der Waals surface area (Å²) in [7, 11) is 0. The number of piperidine rings is 1. The fourth-order valence-electron chi connectivity index (χ4n) is 2.81. The normalized spacial score (nSPS) is 15.2. The van der Waals surface area contributed by atoms with Crippen LogP contribution in [0, 0.1) is 5.92 Å². The van der Waals surface area contributed by atoms with Gasteiger partial charge in [0.25, 0.3) is 0 Å². The molecule has 1 aliphatic rings. The molecule has 2 aromatic rings. The number of nitrogens with zero attached hydrogens (tertiary/aromatic N) is 4. The second kappa shape index (κ2) is 7.12. The average Bonchev–Trinajstić information content (AvgIpc) is 2.62. The summed E-state index contributed by atoms with van der Waals surface area (Å²) in [6.07, 6.45) is 6.17. The topological polar surface area (TPSA) is 117 Å². The summed E-state index contributed by atoms with van der Waals surface area (Å²) in [4.78, 5) is 25.6. The highest BCUT2D eigenvalue weighted by atomic mass is 16.4. The summed E-state index contributed by atoms with van der Waals surface area (Å²) < 4.78 is 0. The van der Waals surface area contributed by atoms with Crippen molar-refractivity contribution in [3.8, 4) is 0 Å². The standard InChI is InChI=1S/C16H20N6O2/c17-13-14(19-9-11-2-1-5-18-8-11)20-10-21-15(13)22-6-3-12(4-7-22)16(23)24/h1-2,5,8,10,12H,3-4,6-7,9,17H2,(H,23,24)(H,19,20,21). The van der Waals surface area contributed by atoms with Crippen LogP contribution in [0.1, 0.15) is 18.4 Å². The number of carboxylic acid groups (broad SMARTS) is 1. The molecular formula is C16H20N6O2. The lowest BCUT2D eigenvalue weighted by Gasteiger charge is -2.31. The third-order valence-electron chi connectivity index (χ3n) is 4.19. The molecule has 8 heteroatoms. The maximum absolute atomic E-state index is 11.1. The Hall–Kier alpha value is -2.90. The minimum absolute atomic E-state index is 0.285. The molecule has 0 bridgehead atoms. The molecule has 0 aromatic carbocycles. The number of nitrogens with one attached hydrogen (secondary N) is 1. The van der Waals surface area contributed by atoms with Crippen LogP contribution in [0.25, 0.3) is 0 Å². The van der Waals surface area contributed by atoms with E-state index >= 15 is 0 Å². The van der Waals surface area contributed by atoms with Gasteiger partial charge in [-0.05, 0) is 24.5 Å². The van der Waals surface area contributed by atoms with Crippen LogP contribution in [0.2, 0.25) is 0 Å². The summed E-state index contributed by atoms with van der Waals surface area (Å²) >= 11 is 0. The van der Waals surface area contributed by atoms with E-state index in [1.54, 1.807) is 12.4 Å². The van der Waals surface area contributed by atoms with Crippen molar-refractivity contribution in [2.24, 2.45) is 5.92 Å². The van der Waals surface area contributed by atoms with Crippen LogP contribution >= 0.6 is 0 Å². The highest BCUT2D eigenvalue weighted by molar-refractivity contribution is 5.75. The number of carbonyl (C=O) groups is 1. The Morgan fingerprint density at radius 1 is 1.38 bits per heavy atom. The molecule has 0 saturated carbocycles. The van der Waals surface area contributed by atoms with Gasteiger partial charge in [-0.25, -0.2) is 9.97 Å². The first-order valence-electron chi connectivity index (χ1n) is 7.86. The summed E-state index contributed by atoms with van der Waals surface area (Å²) in [6.45, 7) is 1.82. The predicted octanol–water partition coefficient (Wildman–Crippen LogP) is 1.37. The van der Waals surface area contributed by atoms with Crippen LogP contribution < -0.4 is 16.0 Å². The van der Waals surface area contributed by atoms with Crippen LogP contribution in [0.4, 0.5) is 17.3 Å². The van der Waals surface area contributed by atoms with Crippen molar-refractivity contribution in [3.05, 3.63) is 36.4 Å². The molecule has 1 fully saturated rings. The fourth-order valence-corrected chi connectivity index (χ4v) is 2.81. The maximum atomic E-state index is 11.1. The van der Waals surface area contributed by atoms with Crippen molar-refractivity contribution in [2.75, 3.05) is 29.0 Å². The van der Waals surface area contributed by atoms with Gasteiger partial charge in [0.1, 0.15) is 12.0 Å². The quantitative estimate of drug-likeness (QED) is 0.753. The van der Waals surface area contributed by atoms with E-state index in [1.165, 1.54) is 6.33 Å². The molecule has 0 spiro atoms. The predicted molar refractivity (Wildman–Crippen MR) is 90.6 cm³/mol. The highest BCUT2D eigenvalue weighted by Gasteiger charge is 2.26. The Kier molecular flexibility index (Phi) is 4.74. The van der Waals surface area contributed by atoms with Gasteiger partial charge in [-0.2, -0.15) is 0 Å². The Morgan fingerprint density at radius 2 is 2.17 bits per heavy atom. The van der Waals surface area contributed by atoms with Crippen LogP contribution in [0.3, 0.4) is 0 Å². The van der Waals surface area contributed by atoms with Crippen molar-refractivity contribution in [2.45, 2.75) is 19.4 Å². The summed E-state index contributed by atoms with van der Waals surface area (Å²) in [5.74, 6) is 0.211. The Labute approximate surface area is 139 Å². The van der Waals surface area contributed by atoms with Gasteiger partial charge in [0.15, 0.2) is 11.6 Å². The Morgan fingerprint density at radius 3 is 2.83 bits per heavy atom. The third kappa shape index (κ3) is 3.53. The molecule has 2 aromatic heterocycles. The molecule has 8 nitrogen and oxygen atoms in total. The molecule has 126 valence electrons. The zero-order chi connectivity index (χ0) is 16.9. The largest absolute Gasteiger partial charge is 0.481 e. The number of aliphatic carboxylic acids is 1. The zero-order valence-corrected chi connectivity index (χ0v) is 13.2. The number of nitrogen functional groups attached to an aromatic ring is 1. The lowest BCUT2D eigenvalue weighted by atomic mass is 9.97. The van der Waals surface area contributed by atoms with Gasteiger partial charge in [0.2, 0.25) is 0 Å². The Balaban J connectivity index is 1.68. The number of anilines is 3. The number of hydrogen-bond donors (Lipinski definition) is 3. The number of aromatic nitrogens is 3. The smallest absolute Gasteiger partial charge is 0.306 e. The molecule has 0 radical (unpaired) electrons. The highest BCUT2D eigenvalue weighted by Crippen LogP contribution is 2.29. The lowest BCUT2D eigenvalue weighted by Crippen LogP contribution is -2.37. The minimum Gasteiger partial charge on any atom is -0.481 e. The minimum atomic E-state index is -0.732. The average molecular weight is 328 g/mol. The van der Waals surface area contributed by atoms with Crippen LogP contribution in [-0.4, -0.2) is 39.1 Å². The van der Waals surface area contributed by atoms with E-state index in [9.17, 15) is 4.79 Å². The number of nitrogens with two attached hydrogens (primary N) is 1. The molecule has 3 heterocycles. The molecule has 24 heavy (non-hydrogen) atoms. The molecule has 0 unspecified atom stereocenters. The summed E-state index contributed by atoms with van der Waals surface area (Å²) in [5, 5.41) is 12.3. The first kappa shape index (κ1) is 16.0. The van der Waals surface area contributed by atoms with Gasteiger partial charge in [-0.15, -0.1) is 0 Å². The van der Waals surface area contributed by atoms with E-state index in [1.807, 2.05) is 17.0 Å². The SMILES string of the molecule is Nc1c(NCc2cccnc2)ncnc1N1CCC(C(=O)O)CC1. The maximum Gasteiger partial charge on any atom is 0.306 e. The first-order chi connectivity index (χ1) is 11.6. The van der Waals surface area contributed by atoms with E-state index in [4.69, 9.17) is 10.8 Å². The molecule has 3 rings (SSSR count). The summed E-state index contributed by atoms with van der Waals surface area (Å²) in [6, 6.07) is 3.84. The van der Waals surface area contributed by atoms with Gasteiger partial charge in [-0.3, -0.25) is 9.78 Å². The first-order valence-corrected chi connectivity index (χ1v) is 7.86. The number of carboxylic acids is 1. The van der Waals surface area contributed by atoms with Crippen molar-refractivity contribution >= 4 is 23.3 Å². The Bertz CT molecular complexity index is 701. The van der Waals surface area contributed by atoms with Crippen LogP contribution in [0.15, 0.2) is 30.9 Å². The second-order valence-corrected chi connectivity index (χ2v) is 5.77. The van der Waals surface area contributed by atoms with E-state index in [-0.39, 0.29) is 5.92 Å². The van der Waals surface area contributed by atoms with E-state index in [2.05, 4.69) is 20.3 Å². The molecular weight excluding hydrogens is 308 g/mol. The molecule has 4 N–H and O–H groups in total. The molecule has 1 saturated heterocycles. The number of pyridine rings is 1. The van der Waals surface area contributed by atoms with Gasteiger partial charge in [0.05, 0.1) is 5.92 Å². The van der Waals surface area contributed by atoms with Gasteiger partial charge < -0.3 is 21.1 Å². The van der Waals surface area contributed by atoms with Crippen molar-refractivity contribution in [1.82, 2.24) is 15.0 Å². The molecule has 1 aliphatic heterocycles. The van der Waals surface area contributed by atoms with E-state index in [0.29, 0.717) is 49.8 Å². The number of hydrogen-bond acceptors (Lipinski definition) is 7. The zero-order valence-electron chi connectivity index (χ0n) is 13.2. The van der Waals surface area contributed by atoms with E-state index < -0.39 is 5.97 Å². The van der Waals surface area contributed by atoms with E-state index in [0.717, 1.165) is 5.56 Å². The summed E-state index contributed by atoms with van der Waals surface area (Å²) in [5.41, 5.74) is 7.72. The van der Waals surface area contributed by atoms with Crippen LogP contribution in [-0.2, 0) is 11.3 Å². The van der Waals surface area contributed by atoms with Crippen LogP contribution in [0.5, 0.6) is 0 Å². The molecule has 0 amide bonds. The molecule has 0 aliphatic carbocycles. The monoisotopic (exact) mass is 328 g/mol. The third-order valence-corrected chi connectivity index (χ3v) is 4.19. The van der Waals surface area contributed by atoms with Crippen molar-refractivity contribution in [3.63, 3.8) is 0 Å². The van der Waals surface area contributed by atoms with Gasteiger partial charge in [-0.1, -0.05) is 6.07 Å². The fraction of sp³-hybridized carbons (Fsp3) is 0.375. The van der Waals surface area contributed by atoms with Gasteiger partial charge in [0, 0.05) is 32.0 Å². The lowest BCUT2D eigenvalue weighted by molar-refractivity contribution is -0.142. The van der Waals surface area contributed by atoms with Gasteiger partial charge >= 0.3 is 5.97 Å². The van der Waals surface area contributed by atoms with Crippen molar-refractivity contribution in [1.29, 1.82) is 0 Å². The number of rotatable bonds is 5. The van der Waals surface area contributed by atoms with Crippen molar-refractivity contribution < 1.29 is 9.90 Å². The second-order valence-electron chi connectivity index (χ2n) is 5.77.